The first-order valence-corrected chi connectivity index (χ1v) is 7.62. The minimum atomic E-state index is -0.233. The van der Waals surface area contributed by atoms with Crippen molar-refractivity contribution in [1.29, 1.82) is 0 Å². The molecule has 3 heterocycles. The van der Waals surface area contributed by atoms with Crippen LogP contribution in [0.2, 0.25) is 0 Å². The van der Waals surface area contributed by atoms with Gasteiger partial charge in [-0.15, -0.1) is 0 Å². The summed E-state index contributed by atoms with van der Waals surface area (Å²) >= 11 is 0. The van der Waals surface area contributed by atoms with Crippen LogP contribution in [0.3, 0.4) is 0 Å². The Bertz CT molecular complexity index is 609. The molecule has 0 radical (unpaired) electrons. The molecule has 8 heteroatoms. The van der Waals surface area contributed by atoms with E-state index in [1.807, 2.05) is 0 Å². The summed E-state index contributed by atoms with van der Waals surface area (Å²) in [6.45, 7) is 1.64. The van der Waals surface area contributed by atoms with E-state index in [-0.39, 0.29) is 23.8 Å². The van der Waals surface area contributed by atoms with Crippen LogP contribution in [-0.2, 0) is 9.59 Å². The molecule has 8 nitrogen and oxygen atoms in total. The summed E-state index contributed by atoms with van der Waals surface area (Å²) in [5.41, 5.74) is 0. The molecule has 0 bridgehead atoms. The van der Waals surface area contributed by atoms with Crippen LogP contribution in [0.5, 0.6) is 11.8 Å². The van der Waals surface area contributed by atoms with Gasteiger partial charge in [-0.3, -0.25) is 14.6 Å². The van der Waals surface area contributed by atoms with Gasteiger partial charge in [-0.2, -0.15) is 4.98 Å². The predicted molar refractivity (Wildman–Crippen MR) is 79.9 cm³/mol. The Morgan fingerprint density at radius 3 is 2.78 bits per heavy atom. The van der Waals surface area contributed by atoms with Gasteiger partial charge in [0.25, 0.3) is 0 Å². The molecule has 3 rings (SSSR count). The molecule has 2 fully saturated rings. The van der Waals surface area contributed by atoms with Crippen molar-refractivity contribution in [3.63, 3.8) is 0 Å². The molecule has 23 heavy (non-hydrogen) atoms. The zero-order chi connectivity index (χ0) is 16.4. The Morgan fingerprint density at radius 2 is 2.09 bits per heavy atom. The number of carbonyl (C=O) groups is 2. The Kier molecular flexibility index (Phi) is 4.31. The van der Waals surface area contributed by atoms with Crippen LogP contribution in [0, 0.1) is 5.92 Å². The standard InChI is InChI=1S/C15H20N4O4/c1-18-8-10(5-14(18)20)15(21)19-4-3-11(9-19)23-13-7-16-6-12(17-13)22-2/h6-7,10-11H,3-5,8-9H2,1-2H3. The Morgan fingerprint density at radius 1 is 1.30 bits per heavy atom. The van der Waals surface area contributed by atoms with Gasteiger partial charge in [-0.25, -0.2) is 0 Å². The van der Waals surface area contributed by atoms with E-state index in [2.05, 4.69) is 9.97 Å². The molecule has 2 aliphatic heterocycles. The van der Waals surface area contributed by atoms with Crippen molar-refractivity contribution in [2.24, 2.45) is 5.92 Å². The predicted octanol–water partition coefficient (Wildman–Crippen LogP) is -0.0568. The van der Waals surface area contributed by atoms with Crippen LogP contribution in [0.15, 0.2) is 12.4 Å². The molecule has 2 aliphatic rings. The van der Waals surface area contributed by atoms with Gasteiger partial charge in [0.2, 0.25) is 23.6 Å². The van der Waals surface area contributed by atoms with Crippen LogP contribution in [0.4, 0.5) is 0 Å². The van der Waals surface area contributed by atoms with Crippen molar-refractivity contribution >= 4 is 11.8 Å². The fourth-order valence-corrected chi connectivity index (χ4v) is 2.97. The van der Waals surface area contributed by atoms with Gasteiger partial charge in [0.05, 0.1) is 32.0 Å². The number of hydrogen-bond acceptors (Lipinski definition) is 6. The minimum absolute atomic E-state index is 0.0296. The maximum Gasteiger partial charge on any atom is 0.235 e. The number of ether oxygens (including phenoxy) is 2. The normalized spacial score (nSPS) is 24.2. The van der Waals surface area contributed by atoms with E-state index < -0.39 is 0 Å². The van der Waals surface area contributed by atoms with Crippen molar-refractivity contribution in [2.75, 3.05) is 33.8 Å². The second-order valence-corrected chi connectivity index (χ2v) is 5.89. The SMILES string of the molecule is COc1cncc(OC2CCN(C(=O)C3CC(=O)N(C)C3)C2)n1. The van der Waals surface area contributed by atoms with Crippen molar-refractivity contribution in [2.45, 2.75) is 18.9 Å². The smallest absolute Gasteiger partial charge is 0.235 e. The lowest BCUT2D eigenvalue weighted by Crippen LogP contribution is -2.36. The van der Waals surface area contributed by atoms with E-state index in [1.165, 1.54) is 19.5 Å². The summed E-state index contributed by atoms with van der Waals surface area (Å²) in [6, 6.07) is 0. The van der Waals surface area contributed by atoms with Crippen molar-refractivity contribution in [3.8, 4) is 11.8 Å². The average molecular weight is 320 g/mol. The highest BCUT2D eigenvalue weighted by Gasteiger charge is 2.37. The van der Waals surface area contributed by atoms with E-state index in [4.69, 9.17) is 9.47 Å². The van der Waals surface area contributed by atoms with Crippen molar-refractivity contribution < 1.29 is 19.1 Å². The van der Waals surface area contributed by atoms with Gasteiger partial charge in [0, 0.05) is 33.0 Å². The van der Waals surface area contributed by atoms with E-state index in [0.29, 0.717) is 37.8 Å². The van der Waals surface area contributed by atoms with Crippen LogP contribution in [0.25, 0.3) is 0 Å². The Hall–Kier alpha value is -2.38. The second kappa shape index (κ2) is 6.39. The molecule has 0 aromatic carbocycles. The van der Waals surface area contributed by atoms with Gasteiger partial charge in [0.1, 0.15) is 6.10 Å². The molecular weight excluding hydrogens is 300 g/mol. The van der Waals surface area contributed by atoms with Gasteiger partial charge in [-0.05, 0) is 0 Å². The Labute approximate surface area is 134 Å². The monoisotopic (exact) mass is 320 g/mol. The molecular formula is C15H20N4O4. The molecule has 0 N–H and O–H groups in total. The first-order valence-electron chi connectivity index (χ1n) is 7.62. The largest absolute Gasteiger partial charge is 0.480 e. The highest BCUT2D eigenvalue weighted by Crippen LogP contribution is 2.23. The number of carbonyl (C=O) groups excluding carboxylic acids is 2. The van der Waals surface area contributed by atoms with Gasteiger partial charge >= 0.3 is 0 Å². The maximum absolute atomic E-state index is 12.5. The fraction of sp³-hybridized carbons (Fsp3) is 0.600. The van der Waals surface area contributed by atoms with E-state index in [0.717, 1.165) is 6.42 Å². The minimum Gasteiger partial charge on any atom is -0.480 e. The summed E-state index contributed by atoms with van der Waals surface area (Å²) in [4.78, 5) is 35.6. The quantitative estimate of drug-likeness (QED) is 0.773. The highest BCUT2D eigenvalue weighted by atomic mass is 16.5. The lowest BCUT2D eigenvalue weighted by Gasteiger charge is -2.20. The third kappa shape index (κ3) is 3.35. The molecule has 0 saturated carbocycles. The van der Waals surface area contributed by atoms with Gasteiger partial charge in [-0.1, -0.05) is 0 Å². The zero-order valence-electron chi connectivity index (χ0n) is 13.3. The summed E-state index contributed by atoms with van der Waals surface area (Å²) in [6.07, 6.45) is 3.96. The topological polar surface area (TPSA) is 84.9 Å². The lowest BCUT2D eigenvalue weighted by molar-refractivity contribution is -0.135. The van der Waals surface area contributed by atoms with Crippen LogP contribution in [0.1, 0.15) is 12.8 Å². The first-order chi connectivity index (χ1) is 11.1. The van der Waals surface area contributed by atoms with E-state index in [1.54, 1.807) is 16.8 Å². The summed E-state index contributed by atoms with van der Waals surface area (Å²) < 4.78 is 10.8. The number of methoxy groups -OCH3 is 1. The Balaban J connectivity index is 1.56. The average Bonchev–Trinajstić information content (AvgIpc) is 3.14. The summed E-state index contributed by atoms with van der Waals surface area (Å²) in [5, 5.41) is 0. The molecule has 1 aromatic heterocycles. The molecule has 2 atom stereocenters. The number of amides is 2. The molecule has 2 saturated heterocycles. The molecule has 124 valence electrons. The number of likely N-dealkylation sites (tertiary alicyclic amines) is 2. The maximum atomic E-state index is 12.5. The van der Waals surface area contributed by atoms with Gasteiger partial charge < -0.3 is 19.3 Å². The molecule has 0 aliphatic carbocycles. The van der Waals surface area contributed by atoms with E-state index in [9.17, 15) is 9.59 Å². The second-order valence-electron chi connectivity index (χ2n) is 5.89. The molecule has 0 spiro atoms. The molecule has 2 unspecified atom stereocenters. The van der Waals surface area contributed by atoms with E-state index >= 15 is 0 Å². The van der Waals surface area contributed by atoms with Crippen LogP contribution >= 0.6 is 0 Å². The molecule has 2 amide bonds. The summed E-state index contributed by atoms with van der Waals surface area (Å²) in [5.74, 6) is 0.607. The number of nitrogens with zero attached hydrogens (tertiary/aromatic N) is 4. The van der Waals surface area contributed by atoms with Gasteiger partial charge in [0.15, 0.2) is 0 Å². The molecule has 1 aromatic rings. The van der Waals surface area contributed by atoms with Crippen molar-refractivity contribution in [1.82, 2.24) is 19.8 Å². The van der Waals surface area contributed by atoms with Crippen LogP contribution in [-0.4, -0.2) is 71.5 Å². The third-order valence-corrected chi connectivity index (χ3v) is 4.23. The number of aromatic nitrogens is 2. The highest BCUT2D eigenvalue weighted by molar-refractivity contribution is 5.89. The fourth-order valence-electron chi connectivity index (χ4n) is 2.97. The first kappa shape index (κ1) is 15.5. The zero-order valence-corrected chi connectivity index (χ0v) is 13.3. The lowest BCUT2D eigenvalue weighted by atomic mass is 10.1. The van der Waals surface area contributed by atoms with Crippen molar-refractivity contribution in [3.05, 3.63) is 12.4 Å². The third-order valence-electron chi connectivity index (χ3n) is 4.23. The van der Waals surface area contributed by atoms with Crippen LogP contribution < -0.4 is 9.47 Å². The number of rotatable bonds is 4. The summed E-state index contributed by atoms with van der Waals surface area (Å²) in [7, 11) is 3.25. The number of hydrogen-bond donors (Lipinski definition) is 0.